The summed E-state index contributed by atoms with van der Waals surface area (Å²) >= 11 is 6.25. The van der Waals surface area contributed by atoms with Crippen LogP contribution in [-0.4, -0.2) is 40.5 Å². The molecule has 8 heteroatoms. The standard InChI is InChI=1S/C10H13ClN4O2S/c1-18(16,17)10-13-9-12-8-6(5-15(9)14-10)3-2-4-7(8)11/h6-7H,2-5H2,1H3. The second-order valence-corrected chi connectivity index (χ2v) is 7.22. The number of alkyl halides is 1. The van der Waals surface area contributed by atoms with Crippen LogP contribution in [0.2, 0.25) is 0 Å². The van der Waals surface area contributed by atoms with Gasteiger partial charge in [-0.25, -0.2) is 18.1 Å². The lowest BCUT2D eigenvalue weighted by Gasteiger charge is -2.30. The molecule has 0 bridgehead atoms. The number of fused-ring (bicyclic) bond motifs is 2. The fourth-order valence-corrected chi connectivity index (χ4v) is 3.32. The predicted molar refractivity (Wildman–Crippen MR) is 67.2 cm³/mol. The van der Waals surface area contributed by atoms with E-state index in [1.807, 2.05) is 0 Å². The van der Waals surface area contributed by atoms with Gasteiger partial charge in [0.05, 0.1) is 11.9 Å². The molecule has 1 aromatic rings. The van der Waals surface area contributed by atoms with Crippen molar-refractivity contribution in [3.63, 3.8) is 0 Å². The van der Waals surface area contributed by atoms with Crippen molar-refractivity contribution in [3.05, 3.63) is 0 Å². The average Bonchev–Trinajstić information content (AvgIpc) is 2.69. The highest BCUT2D eigenvalue weighted by atomic mass is 35.5. The summed E-state index contributed by atoms with van der Waals surface area (Å²) in [5.41, 5.74) is 0.933. The van der Waals surface area contributed by atoms with Gasteiger partial charge in [-0.1, -0.05) is 6.42 Å². The van der Waals surface area contributed by atoms with E-state index in [0.29, 0.717) is 12.5 Å². The van der Waals surface area contributed by atoms with Crippen molar-refractivity contribution in [1.29, 1.82) is 0 Å². The number of hydrogen-bond acceptors (Lipinski definition) is 5. The van der Waals surface area contributed by atoms with Crippen molar-refractivity contribution in [3.8, 4) is 0 Å². The second-order valence-electron chi connectivity index (χ2n) is 4.78. The number of sulfone groups is 1. The highest BCUT2D eigenvalue weighted by molar-refractivity contribution is 7.90. The molecule has 2 aliphatic rings. The lowest BCUT2D eigenvalue weighted by atomic mass is 9.86. The molecule has 0 spiro atoms. The van der Waals surface area contributed by atoms with Gasteiger partial charge in [-0.15, -0.1) is 16.7 Å². The summed E-state index contributed by atoms with van der Waals surface area (Å²) in [6, 6.07) is 0. The number of nitrogens with zero attached hydrogens (tertiary/aromatic N) is 4. The minimum atomic E-state index is -3.39. The Morgan fingerprint density at radius 3 is 2.89 bits per heavy atom. The van der Waals surface area contributed by atoms with Gasteiger partial charge in [0, 0.05) is 17.9 Å². The van der Waals surface area contributed by atoms with Crippen LogP contribution in [-0.2, 0) is 16.4 Å². The predicted octanol–water partition coefficient (Wildman–Crippen LogP) is 1.18. The van der Waals surface area contributed by atoms with Crippen LogP contribution in [0.1, 0.15) is 19.3 Å². The van der Waals surface area contributed by atoms with E-state index in [4.69, 9.17) is 11.6 Å². The molecule has 1 saturated carbocycles. The van der Waals surface area contributed by atoms with Gasteiger partial charge in [0.25, 0.3) is 5.16 Å². The summed E-state index contributed by atoms with van der Waals surface area (Å²) in [5.74, 6) is 0.622. The molecule has 2 heterocycles. The van der Waals surface area contributed by atoms with E-state index in [9.17, 15) is 8.42 Å². The minimum absolute atomic E-state index is 0.0594. The van der Waals surface area contributed by atoms with E-state index in [1.165, 1.54) is 0 Å². The number of rotatable bonds is 1. The Balaban J connectivity index is 2.05. The fraction of sp³-hybridized carbons (Fsp3) is 0.700. The largest absolute Gasteiger partial charge is 0.268 e. The summed E-state index contributed by atoms with van der Waals surface area (Å²) in [6.45, 7) is 0.625. The maximum absolute atomic E-state index is 11.4. The Hall–Kier alpha value is -0.950. The van der Waals surface area contributed by atoms with E-state index < -0.39 is 9.84 Å². The minimum Gasteiger partial charge on any atom is -0.228 e. The number of hydrogen-bond donors (Lipinski definition) is 0. The Bertz CT molecular complexity index is 622. The van der Waals surface area contributed by atoms with E-state index in [-0.39, 0.29) is 16.5 Å². The van der Waals surface area contributed by atoms with Crippen LogP contribution < -0.4 is 0 Å². The smallest absolute Gasteiger partial charge is 0.228 e. The molecule has 1 aliphatic heterocycles. The quantitative estimate of drug-likeness (QED) is 0.727. The van der Waals surface area contributed by atoms with Gasteiger partial charge < -0.3 is 0 Å². The highest BCUT2D eigenvalue weighted by Crippen LogP contribution is 2.32. The highest BCUT2D eigenvalue weighted by Gasteiger charge is 2.33. The lowest BCUT2D eigenvalue weighted by molar-refractivity contribution is 0.428. The Labute approximate surface area is 110 Å². The molecule has 0 saturated heterocycles. The Morgan fingerprint density at radius 2 is 2.17 bits per heavy atom. The fourth-order valence-electron chi connectivity index (χ4n) is 2.44. The molecule has 3 rings (SSSR count). The average molecular weight is 289 g/mol. The van der Waals surface area contributed by atoms with Crippen LogP contribution >= 0.6 is 11.6 Å². The number of aliphatic imine (C=N–C) groups is 1. The van der Waals surface area contributed by atoms with Crippen LogP contribution in [0.15, 0.2) is 10.1 Å². The van der Waals surface area contributed by atoms with E-state index in [2.05, 4.69) is 15.1 Å². The summed E-state index contributed by atoms with van der Waals surface area (Å²) in [6.07, 6.45) is 4.11. The summed E-state index contributed by atoms with van der Waals surface area (Å²) < 4.78 is 24.4. The molecule has 0 amide bonds. The van der Waals surface area contributed by atoms with Gasteiger partial charge in [-0.2, -0.15) is 4.98 Å². The maximum Gasteiger partial charge on any atom is 0.268 e. The van der Waals surface area contributed by atoms with Crippen molar-refractivity contribution >= 4 is 33.1 Å². The van der Waals surface area contributed by atoms with E-state index in [0.717, 1.165) is 31.2 Å². The van der Waals surface area contributed by atoms with Crippen molar-refractivity contribution in [2.45, 2.75) is 36.3 Å². The first-order valence-electron chi connectivity index (χ1n) is 5.82. The Morgan fingerprint density at radius 1 is 1.39 bits per heavy atom. The zero-order valence-electron chi connectivity index (χ0n) is 9.87. The first-order chi connectivity index (χ1) is 8.45. The Kier molecular flexibility index (Phi) is 2.71. The summed E-state index contributed by atoms with van der Waals surface area (Å²) in [7, 11) is -3.39. The van der Waals surface area contributed by atoms with Gasteiger partial charge in [-0.05, 0) is 12.8 Å². The monoisotopic (exact) mass is 288 g/mol. The summed E-state index contributed by atoms with van der Waals surface area (Å²) in [5, 5.41) is 3.79. The van der Waals surface area contributed by atoms with E-state index >= 15 is 0 Å². The molecule has 6 nitrogen and oxygen atoms in total. The molecule has 2 atom stereocenters. The molecule has 1 aromatic heterocycles. The van der Waals surface area contributed by atoms with Crippen molar-refractivity contribution < 1.29 is 8.42 Å². The normalized spacial score (nSPS) is 27.3. The molecule has 18 heavy (non-hydrogen) atoms. The van der Waals surface area contributed by atoms with Crippen LogP contribution in [0.25, 0.3) is 0 Å². The molecule has 1 fully saturated rings. The molecule has 1 aliphatic carbocycles. The van der Waals surface area contributed by atoms with Crippen LogP contribution in [0.3, 0.4) is 0 Å². The van der Waals surface area contributed by atoms with Gasteiger partial charge >= 0.3 is 0 Å². The van der Waals surface area contributed by atoms with Gasteiger partial charge in [0.1, 0.15) is 0 Å². The first kappa shape index (κ1) is 12.1. The first-order valence-corrected chi connectivity index (χ1v) is 8.15. The molecule has 0 aromatic carbocycles. The van der Waals surface area contributed by atoms with Gasteiger partial charge in [0.2, 0.25) is 15.8 Å². The summed E-state index contributed by atoms with van der Waals surface area (Å²) in [4.78, 5) is 8.36. The van der Waals surface area contributed by atoms with Crippen LogP contribution in [0.4, 0.5) is 5.95 Å². The second kappa shape index (κ2) is 4.03. The van der Waals surface area contributed by atoms with Crippen molar-refractivity contribution in [2.24, 2.45) is 10.9 Å². The van der Waals surface area contributed by atoms with Gasteiger partial charge in [-0.3, -0.25) is 0 Å². The molecule has 2 unspecified atom stereocenters. The zero-order valence-corrected chi connectivity index (χ0v) is 11.4. The zero-order chi connectivity index (χ0) is 12.9. The van der Waals surface area contributed by atoms with Crippen molar-refractivity contribution in [1.82, 2.24) is 14.8 Å². The SMILES string of the molecule is CS(=O)(=O)c1nc2n(n1)CC1CCCC(Cl)C1=N2. The van der Waals surface area contributed by atoms with Crippen LogP contribution in [0, 0.1) is 5.92 Å². The number of aromatic nitrogens is 3. The van der Waals surface area contributed by atoms with E-state index in [1.54, 1.807) is 4.68 Å². The third-order valence-corrected chi connectivity index (χ3v) is 4.61. The molecule has 0 N–H and O–H groups in total. The topological polar surface area (TPSA) is 77.2 Å². The van der Waals surface area contributed by atoms with Crippen molar-refractivity contribution in [2.75, 3.05) is 6.26 Å². The number of halogens is 1. The van der Waals surface area contributed by atoms with Crippen LogP contribution in [0.5, 0.6) is 0 Å². The molecule has 98 valence electrons. The van der Waals surface area contributed by atoms with Gasteiger partial charge in [0.15, 0.2) is 0 Å². The maximum atomic E-state index is 11.4. The molecule has 0 radical (unpaired) electrons. The third-order valence-electron chi connectivity index (χ3n) is 3.34. The lowest BCUT2D eigenvalue weighted by Crippen LogP contribution is -2.34. The molecular weight excluding hydrogens is 276 g/mol. The third kappa shape index (κ3) is 1.95. The molecular formula is C10H13ClN4O2S.